The number of amides is 1. The van der Waals surface area contributed by atoms with E-state index in [1.807, 2.05) is 0 Å². The molecule has 0 spiro atoms. The molecule has 0 aromatic carbocycles. The van der Waals surface area contributed by atoms with Gasteiger partial charge in [0.1, 0.15) is 0 Å². The highest BCUT2D eigenvalue weighted by Gasteiger charge is 2.25. The Kier molecular flexibility index (Phi) is 4.18. The van der Waals surface area contributed by atoms with Gasteiger partial charge in [-0.25, -0.2) is 8.42 Å². The minimum Gasteiger partial charge on any atom is -0.339 e. The van der Waals surface area contributed by atoms with Crippen molar-refractivity contribution in [2.75, 3.05) is 5.75 Å². The molecule has 106 valence electrons. The van der Waals surface area contributed by atoms with Crippen LogP contribution < -0.4 is 4.72 Å². The fraction of sp³-hybridized carbons (Fsp3) is 0.727. The number of sulfonamides is 1. The molecule has 19 heavy (non-hydrogen) atoms. The summed E-state index contributed by atoms with van der Waals surface area (Å²) in [6, 6.07) is 0. The van der Waals surface area contributed by atoms with E-state index in [2.05, 4.69) is 14.9 Å². The molecule has 0 radical (unpaired) electrons. The summed E-state index contributed by atoms with van der Waals surface area (Å²) in [4.78, 5) is 15.5. The molecule has 1 N–H and O–H groups in total. The summed E-state index contributed by atoms with van der Waals surface area (Å²) in [5, 5.41) is 3.59. The van der Waals surface area contributed by atoms with Gasteiger partial charge in [0.2, 0.25) is 21.8 Å². The molecule has 0 bridgehead atoms. The molecular weight excluding hydrogens is 270 g/mol. The molecular formula is C11H17N3O4S. The van der Waals surface area contributed by atoms with Crippen LogP contribution in [0, 0.1) is 12.8 Å². The maximum Gasteiger partial charge on any atom is 0.235 e. The van der Waals surface area contributed by atoms with Gasteiger partial charge in [0.15, 0.2) is 5.82 Å². The van der Waals surface area contributed by atoms with Crippen molar-refractivity contribution in [3.8, 4) is 0 Å². The van der Waals surface area contributed by atoms with E-state index in [0.29, 0.717) is 11.7 Å². The largest absolute Gasteiger partial charge is 0.339 e. The van der Waals surface area contributed by atoms with Crippen molar-refractivity contribution in [2.24, 2.45) is 5.92 Å². The van der Waals surface area contributed by atoms with Gasteiger partial charge in [0.25, 0.3) is 0 Å². The van der Waals surface area contributed by atoms with Crippen molar-refractivity contribution < 1.29 is 17.7 Å². The number of rotatable bonds is 6. The van der Waals surface area contributed by atoms with E-state index in [-0.39, 0.29) is 24.5 Å². The number of aryl methyl sites for hydroxylation is 2. The Morgan fingerprint density at radius 1 is 1.47 bits per heavy atom. The lowest BCUT2D eigenvalue weighted by Gasteiger charge is -2.24. The molecule has 0 saturated heterocycles. The zero-order valence-corrected chi connectivity index (χ0v) is 11.6. The van der Waals surface area contributed by atoms with Gasteiger partial charge < -0.3 is 4.52 Å². The minimum absolute atomic E-state index is 0.0194. The van der Waals surface area contributed by atoms with E-state index < -0.39 is 15.9 Å². The maximum atomic E-state index is 11.7. The summed E-state index contributed by atoms with van der Waals surface area (Å²) in [6.07, 6.45) is 3.19. The average Bonchev–Trinajstić information content (AvgIpc) is 2.67. The maximum absolute atomic E-state index is 11.7. The average molecular weight is 287 g/mol. The van der Waals surface area contributed by atoms with Crippen LogP contribution in [-0.2, 0) is 21.2 Å². The number of aromatic nitrogens is 2. The first-order chi connectivity index (χ1) is 8.94. The highest BCUT2D eigenvalue weighted by atomic mass is 32.2. The molecule has 1 heterocycles. The van der Waals surface area contributed by atoms with Crippen molar-refractivity contribution in [1.29, 1.82) is 0 Å². The van der Waals surface area contributed by atoms with E-state index in [1.165, 1.54) is 0 Å². The summed E-state index contributed by atoms with van der Waals surface area (Å²) in [6.45, 7) is 1.68. The van der Waals surface area contributed by atoms with Crippen molar-refractivity contribution in [1.82, 2.24) is 14.9 Å². The molecule has 1 amide bonds. The predicted octanol–water partition coefficient (Wildman–Crippen LogP) is 0.557. The van der Waals surface area contributed by atoms with E-state index >= 15 is 0 Å². The molecule has 0 unspecified atom stereocenters. The van der Waals surface area contributed by atoms with Crippen molar-refractivity contribution >= 4 is 15.9 Å². The molecule has 1 aromatic heterocycles. The number of hydrogen-bond donors (Lipinski definition) is 1. The van der Waals surface area contributed by atoms with Crippen LogP contribution >= 0.6 is 0 Å². The third kappa shape index (κ3) is 4.30. The van der Waals surface area contributed by atoms with Crippen LogP contribution in [0.2, 0.25) is 0 Å². The third-order valence-corrected chi connectivity index (χ3v) is 4.53. The van der Waals surface area contributed by atoms with E-state index in [4.69, 9.17) is 4.52 Å². The quantitative estimate of drug-likeness (QED) is 0.820. The van der Waals surface area contributed by atoms with Gasteiger partial charge in [0, 0.05) is 12.8 Å². The molecule has 1 fully saturated rings. The summed E-state index contributed by atoms with van der Waals surface area (Å²) in [7, 11) is -3.51. The normalized spacial score (nSPS) is 16.1. The molecule has 1 aromatic rings. The smallest absolute Gasteiger partial charge is 0.235 e. The van der Waals surface area contributed by atoms with Gasteiger partial charge >= 0.3 is 0 Å². The van der Waals surface area contributed by atoms with E-state index in [1.54, 1.807) is 6.92 Å². The Bertz CT molecular complexity index is 548. The minimum atomic E-state index is -3.51. The molecule has 7 nitrogen and oxygen atoms in total. The lowest BCUT2D eigenvalue weighted by atomic mass is 9.87. The van der Waals surface area contributed by atoms with Crippen LogP contribution in [0.4, 0.5) is 0 Å². The first-order valence-corrected chi connectivity index (χ1v) is 7.92. The van der Waals surface area contributed by atoms with Gasteiger partial charge in [-0.05, 0) is 25.7 Å². The molecule has 1 aliphatic carbocycles. The topological polar surface area (TPSA) is 102 Å². The summed E-state index contributed by atoms with van der Waals surface area (Å²) in [5.74, 6) is 0.536. The molecule has 0 aliphatic heterocycles. The first-order valence-electron chi connectivity index (χ1n) is 6.27. The molecule has 2 rings (SSSR count). The second-order valence-corrected chi connectivity index (χ2v) is 6.61. The van der Waals surface area contributed by atoms with E-state index in [0.717, 1.165) is 19.3 Å². The van der Waals surface area contributed by atoms with Crippen LogP contribution in [-0.4, -0.2) is 30.2 Å². The van der Waals surface area contributed by atoms with Crippen LogP contribution in [0.15, 0.2) is 4.52 Å². The zero-order chi connectivity index (χ0) is 13.9. The predicted molar refractivity (Wildman–Crippen MR) is 66.6 cm³/mol. The lowest BCUT2D eigenvalue weighted by molar-refractivity contribution is -0.119. The number of carbonyl (C=O) groups is 1. The van der Waals surface area contributed by atoms with E-state index in [9.17, 15) is 13.2 Å². The Morgan fingerprint density at radius 3 is 2.74 bits per heavy atom. The Labute approximate surface area is 111 Å². The summed E-state index contributed by atoms with van der Waals surface area (Å²) < 4.78 is 30.3. The van der Waals surface area contributed by atoms with Crippen LogP contribution in [0.25, 0.3) is 0 Å². The Morgan fingerprint density at radius 2 is 2.21 bits per heavy atom. The van der Waals surface area contributed by atoms with Gasteiger partial charge in [-0.3, -0.25) is 9.52 Å². The van der Waals surface area contributed by atoms with Gasteiger partial charge in [-0.1, -0.05) is 11.6 Å². The fourth-order valence-electron chi connectivity index (χ4n) is 1.90. The second-order valence-electron chi connectivity index (χ2n) is 4.84. The second kappa shape index (κ2) is 5.68. The van der Waals surface area contributed by atoms with Crippen LogP contribution in [0.3, 0.4) is 0 Å². The highest BCUT2D eigenvalue weighted by Crippen LogP contribution is 2.27. The van der Waals surface area contributed by atoms with Crippen molar-refractivity contribution in [2.45, 2.75) is 39.0 Å². The monoisotopic (exact) mass is 287 g/mol. The third-order valence-electron chi connectivity index (χ3n) is 3.08. The molecule has 1 saturated carbocycles. The molecule has 8 heteroatoms. The highest BCUT2D eigenvalue weighted by molar-refractivity contribution is 7.90. The van der Waals surface area contributed by atoms with Crippen LogP contribution in [0.5, 0.6) is 0 Å². The van der Waals surface area contributed by atoms with Crippen LogP contribution in [0.1, 0.15) is 37.4 Å². The fourth-order valence-corrected chi connectivity index (χ4v) is 3.38. The summed E-state index contributed by atoms with van der Waals surface area (Å²) >= 11 is 0. The first kappa shape index (κ1) is 14.0. The van der Waals surface area contributed by atoms with Crippen molar-refractivity contribution in [3.63, 3.8) is 0 Å². The van der Waals surface area contributed by atoms with Gasteiger partial charge in [-0.2, -0.15) is 4.98 Å². The molecule has 1 aliphatic rings. The Balaban J connectivity index is 1.76. The van der Waals surface area contributed by atoms with Gasteiger partial charge in [-0.15, -0.1) is 0 Å². The number of hydrogen-bond acceptors (Lipinski definition) is 6. The summed E-state index contributed by atoms with van der Waals surface area (Å²) in [5.41, 5.74) is 0. The zero-order valence-electron chi connectivity index (χ0n) is 10.8. The number of carbonyl (C=O) groups excluding carboxylic acids is 1. The molecule has 0 atom stereocenters. The van der Waals surface area contributed by atoms with Gasteiger partial charge in [0.05, 0.1) is 5.75 Å². The SMILES string of the molecule is Cc1noc(CCC(=O)NS(=O)(=O)CC2CCC2)n1. The number of nitrogens with zero attached hydrogens (tertiary/aromatic N) is 2. The van der Waals surface area contributed by atoms with Crippen molar-refractivity contribution in [3.05, 3.63) is 11.7 Å². The Hall–Kier alpha value is -1.44. The standard InChI is InChI=1S/C11H17N3O4S/c1-8-12-11(18-13-8)6-5-10(15)14-19(16,17)7-9-3-2-4-9/h9H,2-7H2,1H3,(H,14,15). The number of nitrogens with one attached hydrogen (secondary N) is 1. The lowest BCUT2D eigenvalue weighted by Crippen LogP contribution is -2.36.